The maximum absolute atomic E-state index is 13.2. The third-order valence-corrected chi connectivity index (χ3v) is 4.83. The normalized spacial score (nSPS) is 17.6. The first kappa shape index (κ1) is 16.5. The number of aromatic nitrogens is 4. The SMILES string of the molecule is Cn1ccnc1C1CNCCN1C(=O)c1nn(C)c2ccccc2c1=O. The highest BCUT2D eigenvalue weighted by molar-refractivity contribution is 5.95. The van der Waals surface area contributed by atoms with Crippen LogP contribution in [0.3, 0.4) is 0 Å². The molecule has 8 nitrogen and oxygen atoms in total. The molecule has 1 N–H and O–H groups in total. The fourth-order valence-corrected chi connectivity index (χ4v) is 3.48. The molecule has 134 valence electrons. The molecule has 1 saturated heterocycles. The van der Waals surface area contributed by atoms with E-state index >= 15 is 0 Å². The van der Waals surface area contributed by atoms with Gasteiger partial charge >= 0.3 is 0 Å². The van der Waals surface area contributed by atoms with Gasteiger partial charge in [0, 0.05) is 51.5 Å². The zero-order valence-corrected chi connectivity index (χ0v) is 14.7. The number of nitrogens with one attached hydrogen (secondary N) is 1. The summed E-state index contributed by atoms with van der Waals surface area (Å²) in [6.45, 7) is 1.75. The van der Waals surface area contributed by atoms with Crippen LogP contribution in [0.15, 0.2) is 41.5 Å². The van der Waals surface area contributed by atoms with Crippen LogP contribution >= 0.6 is 0 Å². The summed E-state index contributed by atoms with van der Waals surface area (Å²) in [5.74, 6) is 0.425. The lowest BCUT2D eigenvalue weighted by Gasteiger charge is -2.35. The third kappa shape index (κ3) is 2.59. The Morgan fingerprint density at radius 2 is 2.08 bits per heavy atom. The van der Waals surface area contributed by atoms with Crippen LogP contribution < -0.4 is 10.7 Å². The second kappa shape index (κ2) is 6.38. The van der Waals surface area contributed by atoms with Gasteiger partial charge in [0.05, 0.1) is 5.52 Å². The summed E-state index contributed by atoms with van der Waals surface area (Å²) in [6, 6.07) is 6.94. The molecule has 1 amide bonds. The summed E-state index contributed by atoms with van der Waals surface area (Å²) in [5, 5.41) is 8.07. The minimum absolute atomic E-state index is 0.0488. The number of rotatable bonds is 2. The van der Waals surface area contributed by atoms with Crippen LogP contribution in [-0.2, 0) is 14.1 Å². The number of fused-ring (bicyclic) bond motifs is 1. The second-order valence-electron chi connectivity index (χ2n) is 6.43. The number of hydrogen-bond donors (Lipinski definition) is 1. The predicted molar refractivity (Wildman–Crippen MR) is 96.8 cm³/mol. The smallest absolute Gasteiger partial charge is 0.279 e. The molecule has 1 aromatic carbocycles. The van der Waals surface area contributed by atoms with Crippen LogP contribution in [0.25, 0.3) is 10.9 Å². The molecule has 2 aromatic heterocycles. The summed E-state index contributed by atoms with van der Waals surface area (Å²) >= 11 is 0. The van der Waals surface area contributed by atoms with Gasteiger partial charge in [-0.05, 0) is 12.1 Å². The molecule has 1 fully saturated rings. The van der Waals surface area contributed by atoms with Crippen LogP contribution in [0.4, 0.5) is 0 Å². The molecule has 3 aromatic rings. The van der Waals surface area contributed by atoms with E-state index < -0.39 is 0 Å². The average Bonchev–Trinajstić information content (AvgIpc) is 3.10. The lowest BCUT2D eigenvalue weighted by atomic mass is 10.1. The molecule has 4 rings (SSSR count). The fourth-order valence-electron chi connectivity index (χ4n) is 3.48. The topological polar surface area (TPSA) is 85.1 Å². The van der Waals surface area contributed by atoms with Gasteiger partial charge in [-0.3, -0.25) is 14.3 Å². The highest BCUT2D eigenvalue weighted by atomic mass is 16.2. The lowest BCUT2D eigenvalue weighted by molar-refractivity contribution is 0.0611. The van der Waals surface area contributed by atoms with E-state index in [1.165, 1.54) is 0 Å². The van der Waals surface area contributed by atoms with Gasteiger partial charge in [-0.1, -0.05) is 12.1 Å². The van der Waals surface area contributed by atoms with Crippen molar-refractivity contribution in [3.05, 3.63) is 58.4 Å². The summed E-state index contributed by atoms with van der Waals surface area (Å²) in [5.41, 5.74) is 0.322. The monoisotopic (exact) mass is 352 g/mol. The van der Waals surface area contributed by atoms with Gasteiger partial charge in [-0.25, -0.2) is 4.98 Å². The number of imidazole rings is 1. The Hall–Kier alpha value is -3.00. The van der Waals surface area contributed by atoms with Gasteiger partial charge in [0.1, 0.15) is 11.9 Å². The molecule has 0 radical (unpaired) electrons. The molecule has 1 unspecified atom stereocenters. The Balaban J connectivity index is 1.79. The van der Waals surface area contributed by atoms with Crippen molar-refractivity contribution in [3.63, 3.8) is 0 Å². The maximum atomic E-state index is 13.2. The molecule has 8 heteroatoms. The number of carbonyl (C=O) groups is 1. The lowest BCUT2D eigenvalue weighted by Crippen LogP contribution is -2.50. The van der Waals surface area contributed by atoms with Crippen molar-refractivity contribution >= 4 is 16.8 Å². The molecular weight excluding hydrogens is 332 g/mol. The van der Waals surface area contributed by atoms with Gasteiger partial charge in [-0.2, -0.15) is 5.10 Å². The van der Waals surface area contributed by atoms with E-state index in [4.69, 9.17) is 0 Å². The predicted octanol–water partition coefficient (Wildman–Crippen LogP) is 0.454. The van der Waals surface area contributed by atoms with E-state index in [2.05, 4.69) is 15.4 Å². The molecule has 0 bridgehead atoms. The first-order chi connectivity index (χ1) is 12.6. The Bertz CT molecular complexity index is 1040. The molecule has 26 heavy (non-hydrogen) atoms. The largest absolute Gasteiger partial charge is 0.336 e. The number of benzene rings is 1. The summed E-state index contributed by atoms with van der Waals surface area (Å²) in [4.78, 5) is 32.2. The summed E-state index contributed by atoms with van der Waals surface area (Å²) in [6.07, 6.45) is 3.56. The summed E-state index contributed by atoms with van der Waals surface area (Å²) < 4.78 is 3.48. The van der Waals surface area contributed by atoms with Crippen molar-refractivity contribution in [2.24, 2.45) is 14.1 Å². The zero-order chi connectivity index (χ0) is 18.3. The Morgan fingerprint density at radius 3 is 2.85 bits per heavy atom. The number of piperazine rings is 1. The number of nitrogens with zero attached hydrogens (tertiary/aromatic N) is 5. The van der Waals surface area contributed by atoms with E-state index in [0.717, 1.165) is 5.82 Å². The average molecular weight is 352 g/mol. The minimum Gasteiger partial charge on any atom is -0.336 e. The second-order valence-corrected chi connectivity index (χ2v) is 6.43. The number of carbonyl (C=O) groups excluding carboxylic acids is 1. The van der Waals surface area contributed by atoms with Crippen molar-refractivity contribution in [2.45, 2.75) is 6.04 Å². The Labute approximate surface area is 150 Å². The van der Waals surface area contributed by atoms with Crippen molar-refractivity contribution in [1.82, 2.24) is 29.5 Å². The standard InChI is InChI=1S/C18H20N6O2/c1-22-9-8-20-17(22)14-11-19-7-10-24(14)18(26)15-16(25)12-5-3-4-6-13(12)23(2)21-15/h3-6,8-9,14,19H,7,10-11H2,1-2H3. The zero-order valence-electron chi connectivity index (χ0n) is 14.7. The van der Waals surface area contributed by atoms with Gasteiger partial charge < -0.3 is 14.8 Å². The molecule has 1 aliphatic heterocycles. The number of amides is 1. The molecule has 1 aliphatic rings. The minimum atomic E-state index is -0.356. The van der Waals surface area contributed by atoms with E-state index in [0.29, 0.717) is 30.5 Å². The van der Waals surface area contributed by atoms with E-state index in [1.807, 2.05) is 29.9 Å². The third-order valence-electron chi connectivity index (χ3n) is 4.83. The fraction of sp³-hybridized carbons (Fsp3) is 0.333. The van der Waals surface area contributed by atoms with Crippen LogP contribution in [0.2, 0.25) is 0 Å². The van der Waals surface area contributed by atoms with Crippen molar-refractivity contribution in [2.75, 3.05) is 19.6 Å². The molecular formula is C18H20N6O2. The van der Waals surface area contributed by atoms with E-state index in [-0.39, 0.29) is 23.1 Å². The quantitative estimate of drug-likeness (QED) is 0.724. The maximum Gasteiger partial charge on any atom is 0.279 e. The van der Waals surface area contributed by atoms with Gasteiger partial charge in [0.25, 0.3) is 5.91 Å². The Kier molecular flexibility index (Phi) is 4.04. The molecule has 0 aliphatic carbocycles. The molecule has 3 heterocycles. The van der Waals surface area contributed by atoms with Gasteiger partial charge in [0.2, 0.25) is 5.43 Å². The first-order valence-electron chi connectivity index (χ1n) is 8.53. The number of hydrogen-bond acceptors (Lipinski definition) is 5. The highest BCUT2D eigenvalue weighted by Crippen LogP contribution is 2.22. The molecule has 1 atom stereocenters. The summed E-state index contributed by atoms with van der Waals surface area (Å²) in [7, 11) is 3.64. The van der Waals surface area contributed by atoms with Crippen LogP contribution in [-0.4, -0.2) is 49.8 Å². The van der Waals surface area contributed by atoms with E-state index in [9.17, 15) is 9.59 Å². The van der Waals surface area contributed by atoms with Gasteiger partial charge in [0.15, 0.2) is 5.69 Å². The number of para-hydroxylation sites is 1. The molecule has 0 saturated carbocycles. The van der Waals surface area contributed by atoms with Crippen LogP contribution in [0.1, 0.15) is 22.4 Å². The van der Waals surface area contributed by atoms with E-state index in [1.54, 1.807) is 35.0 Å². The van der Waals surface area contributed by atoms with Crippen molar-refractivity contribution < 1.29 is 4.79 Å². The van der Waals surface area contributed by atoms with Crippen LogP contribution in [0.5, 0.6) is 0 Å². The highest BCUT2D eigenvalue weighted by Gasteiger charge is 2.33. The Morgan fingerprint density at radius 1 is 1.27 bits per heavy atom. The number of aryl methyl sites for hydroxylation is 2. The molecule has 0 spiro atoms. The van der Waals surface area contributed by atoms with Crippen molar-refractivity contribution in [3.8, 4) is 0 Å². The van der Waals surface area contributed by atoms with Gasteiger partial charge in [-0.15, -0.1) is 0 Å². The first-order valence-corrected chi connectivity index (χ1v) is 8.53. The van der Waals surface area contributed by atoms with Crippen molar-refractivity contribution in [1.29, 1.82) is 0 Å². The van der Waals surface area contributed by atoms with Crippen LogP contribution in [0, 0.1) is 0 Å².